The molecule has 26 heavy (non-hydrogen) atoms. The molecule has 0 aliphatic rings. The number of carbonyl (C=O) groups is 1. The molecule has 1 aromatic heterocycles. The van der Waals surface area contributed by atoms with E-state index in [1.807, 2.05) is 20.8 Å². The lowest BCUT2D eigenvalue weighted by molar-refractivity contribution is 0.102. The van der Waals surface area contributed by atoms with E-state index < -0.39 is 5.91 Å². The van der Waals surface area contributed by atoms with Crippen molar-refractivity contribution in [1.29, 1.82) is 10.8 Å². The van der Waals surface area contributed by atoms with Crippen LogP contribution in [-0.4, -0.2) is 41.9 Å². The number of rotatable bonds is 5. The Labute approximate surface area is 154 Å². The maximum atomic E-state index is 12.5. The number of amidine groups is 1. The molecule has 2 aromatic rings. The molecule has 0 spiro atoms. The number of hydrogen-bond acceptors (Lipinski definition) is 5. The SMILES string of the molecule is [B]c1cc(C)c(N)cc1C(=O)Nc1cccc(C(=N)N(C=N)C(C)C)n1. The van der Waals surface area contributed by atoms with Gasteiger partial charge in [-0.15, -0.1) is 0 Å². The number of anilines is 2. The van der Waals surface area contributed by atoms with Crippen LogP contribution in [0.2, 0.25) is 0 Å². The number of pyridine rings is 1. The lowest BCUT2D eigenvalue weighted by Crippen LogP contribution is -2.36. The van der Waals surface area contributed by atoms with Gasteiger partial charge >= 0.3 is 0 Å². The number of amides is 1. The van der Waals surface area contributed by atoms with Crippen molar-refractivity contribution in [3.8, 4) is 0 Å². The van der Waals surface area contributed by atoms with Crippen molar-refractivity contribution in [2.24, 2.45) is 0 Å². The van der Waals surface area contributed by atoms with Gasteiger partial charge in [0, 0.05) is 17.3 Å². The van der Waals surface area contributed by atoms with Gasteiger partial charge in [-0.05, 0) is 44.5 Å². The standard InChI is InChI=1S/C18H21BN6O/c1-10(2)25(9-20)17(22)15-5-4-6-16(23-15)24-18(26)12-8-14(21)11(3)7-13(12)19/h4-10,20,22H,21H2,1-3H3,(H,23,24,26). The smallest absolute Gasteiger partial charge is 0.256 e. The first-order valence-corrected chi connectivity index (χ1v) is 8.06. The molecule has 7 nitrogen and oxygen atoms in total. The van der Waals surface area contributed by atoms with E-state index in [1.54, 1.807) is 24.3 Å². The first kappa shape index (κ1) is 19.2. The van der Waals surface area contributed by atoms with Crippen LogP contribution in [0.1, 0.15) is 35.5 Å². The number of carbonyl (C=O) groups excluding carboxylic acids is 1. The average molecular weight is 348 g/mol. The minimum atomic E-state index is -0.432. The van der Waals surface area contributed by atoms with Crippen LogP contribution in [0.25, 0.3) is 0 Å². The van der Waals surface area contributed by atoms with Gasteiger partial charge in [0.25, 0.3) is 5.91 Å². The number of benzene rings is 1. The molecule has 0 bridgehead atoms. The lowest BCUT2D eigenvalue weighted by Gasteiger charge is -2.23. The fourth-order valence-electron chi connectivity index (χ4n) is 2.37. The van der Waals surface area contributed by atoms with Crippen LogP contribution in [0.5, 0.6) is 0 Å². The minimum absolute atomic E-state index is 0.0598. The molecule has 1 heterocycles. The Morgan fingerprint density at radius 3 is 2.69 bits per heavy atom. The molecular formula is C18H21BN6O. The van der Waals surface area contributed by atoms with Gasteiger partial charge in [-0.3, -0.25) is 15.6 Å². The first-order valence-electron chi connectivity index (χ1n) is 8.06. The van der Waals surface area contributed by atoms with E-state index in [0.717, 1.165) is 11.9 Å². The van der Waals surface area contributed by atoms with Gasteiger partial charge in [0.05, 0.1) is 6.34 Å². The number of hydrogen-bond donors (Lipinski definition) is 4. The molecule has 132 valence electrons. The zero-order valence-electron chi connectivity index (χ0n) is 15.0. The van der Waals surface area contributed by atoms with Crippen LogP contribution < -0.4 is 16.5 Å². The second kappa shape index (κ2) is 7.82. The average Bonchev–Trinajstić information content (AvgIpc) is 2.58. The number of nitrogen functional groups attached to an aromatic ring is 1. The first-order chi connectivity index (χ1) is 12.2. The van der Waals surface area contributed by atoms with Gasteiger partial charge in [-0.25, -0.2) is 4.98 Å². The number of aromatic nitrogens is 1. The van der Waals surface area contributed by atoms with Gasteiger partial charge in [0.1, 0.15) is 19.4 Å². The summed E-state index contributed by atoms with van der Waals surface area (Å²) in [5.74, 6) is -0.0761. The zero-order chi connectivity index (χ0) is 19.4. The number of nitrogens with two attached hydrogens (primary N) is 1. The Hall–Kier alpha value is -3.16. The summed E-state index contributed by atoms with van der Waals surface area (Å²) in [5, 5.41) is 18.3. The Kier molecular flexibility index (Phi) is 5.76. The Balaban J connectivity index is 2.26. The summed E-state index contributed by atoms with van der Waals surface area (Å²) >= 11 is 0. The molecule has 0 aliphatic heterocycles. The summed E-state index contributed by atoms with van der Waals surface area (Å²) in [6.45, 7) is 5.55. The predicted octanol–water partition coefficient (Wildman–Crippen LogP) is 1.66. The van der Waals surface area contributed by atoms with Crippen molar-refractivity contribution in [2.45, 2.75) is 26.8 Å². The summed E-state index contributed by atoms with van der Waals surface area (Å²) in [7, 11) is 5.91. The summed E-state index contributed by atoms with van der Waals surface area (Å²) in [6.07, 6.45) is 1.08. The van der Waals surface area contributed by atoms with E-state index in [1.165, 1.54) is 11.0 Å². The van der Waals surface area contributed by atoms with Crippen molar-refractivity contribution in [3.63, 3.8) is 0 Å². The van der Waals surface area contributed by atoms with Crippen LogP contribution in [-0.2, 0) is 0 Å². The zero-order valence-corrected chi connectivity index (χ0v) is 15.0. The van der Waals surface area contributed by atoms with Crippen LogP contribution in [0.3, 0.4) is 0 Å². The molecule has 0 unspecified atom stereocenters. The molecule has 0 fully saturated rings. The summed E-state index contributed by atoms with van der Waals surface area (Å²) in [5.41, 5.74) is 8.07. The normalized spacial score (nSPS) is 10.5. The second-order valence-corrected chi connectivity index (χ2v) is 6.14. The number of aryl methyl sites for hydroxylation is 1. The topological polar surface area (TPSA) is 119 Å². The van der Waals surface area contributed by atoms with Gasteiger partial charge in [-0.2, -0.15) is 0 Å². The molecule has 0 aliphatic carbocycles. The van der Waals surface area contributed by atoms with Crippen LogP contribution in [0.15, 0.2) is 30.3 Å². The third kappa shape index (κ3) is 4.08. The molecule has 0 saturated carbocycles. The van der Waals surface area contributed by atoms with E-state index in [4.69, 9.17) is 24.4 Å². The number of nitrogens with zero attached hydrogens (tertiary/aromatic N) is 2. The van der Waals surface area contributed by atoms with Crippen LogP contribution in [0.4, 0.5) is 11.5 Å². The fraction of sp³-hybridized carbons (Fsp3) is 0.222. The highest BCUT2D eigenvalue weighted by molar-refractivity contribution is 6.37. The highest BCUT2D eigenvalue weighted by Crippen LogP contribution is 2.14. The predicted molar refractivity (Wildman–Crippen MR) is 106 cm³/mol. The van der Waals surface area contributed by atoms with Crippen molar-refractivity contribution >= 4 is 42.9 Å². The lowest BCUT2D eigenvalue weighted by atomic mass is 9.88. The largest absolute Gasteiger partial charge is 0.398 e. The fourth-order valence-corrected chi connectivity index (χ4v) is 2.37. The monoisotopic (exact) mass is 348 g/mol. The quantitative estimate of drug-likeness (QED) is 0.284. The molecule has 0 saturated heterocycles. The Bertz CT molecular complexity index is 865. The summed E-state index contributed by atoms with van der Waals surface area (Å²) in [6, 6.07) is 8.06. The maximum absolute atomic E-state index is 12.5. The summed E-state index contributed by atoms with van der Waals surface area (Å²) < 4.78 is 0. The molecule has 8 heteroatoms. The highest BCUT2D eigenvalue weighted by Gasteiger charge is 2.16. The van der Waals surface area contributed by atoms with E-state index in [9.17, 15) is 4.79 Å². The van der Waals surface area contributed by atoms with Crippen LogP contribution in [0, 0.1) is 17.7 Å². The van der Waals surface area contributed by atoms with Crippen molar-refractivity contribution in [2.75, 3.05) is 11.1 Å². The van der Waals surface area contributed by atoms with E-state index in [0.29, 0.717) is 16.8 Å². The van der Waals surface area contributed by atoms with Crippen LogP contribution >= 0.6 is 0 Å². The molecule has 5 N–H and O–H groups in total. The van der Waals surface area contributed by atoms with Crippen molar-refractivity contribution in [3.05, 3.63) is 47.2 Å². The Morgan fingerprint density at radius 1 is 1.38 bits per heavy atom. The van der Waals surface area contributed by atoms with E-state index in [2.05, 4.69) is 10.3 Å². The van der Waals surface area contributed by atoms with Gasteiger partial charge in [0.15, 0.2) is 5.84 Å². The second-order valence-electron chi connectivity index (χ2n) is 6.14. The van der Waals surface area contributed by atoms with Crippen molar-refractivity contribution in [1.82, 2.24) is 9.88 Å². The van der Waals surface area contributed by atoms with E-state index >= 15 is 0 Å². The van der Waals surface area contributed by atoms with Crippen molar-refractivity contribution < 1.29 is 4.79 Å². The third-order valence-electron chi connectivity index (χ3n) is 3.87. The highest BCUT2D eigenvalue weighted by atomic mass is 16.1. The van der Waals surface area contributed by atoms with Gasteiger partial charge < -0.3 is 16.0 Å². The third-order valence-corrected chi connectivity index (χ3v) is 3.87. The molecule has 2 rings (SSSR count). The molecule has 0 atom stereocenters. The minimum Gasteiger partial charge on any atom is -0.398 e. The van der Waals surface area contributed by atoms with E-state index in [-0.39, 0.29) is 23.3 Å². The maximum Gasteiger partial charge on any atom is 0.256 e. The molecular weight excluding hydrogens is 327 g/mol. The van der Waals surface area contributed by atoms with Gasteiger partial charge in [0.2, 0.25) is 0 Å². The molecule has 1 amide bonds. The summed E-state index contributed by atoms with van der Waals surface area (Å²) in [4.78, 5) is 18.2. The molecule has 2 radical (unpaired) electrons. The Morgan fingerprint density at radius 2 is 2.08 bits per heavy atom. The number of nitrogens with one attached hydrogen (secondary N) is 3. The van der Waals surface area contributed by atoms with Gasteiger partial charge in [-0.1, -0.05) is 17.6 Å². The molecule has 1 aromatic carbocycles.